The van der Waals surface area contributed by atoms with Crippen LogP contribution in [0.15, 0.2) is 6.20 Å². The predicted molar refractivity (Wildman–Crippen MR) is 67.5 cm³/mol. The van der Waals surface area contributed by atoms with Gasteiger partial charge in [-0.2, -0.15) is 0 Å². The Morgan fingerprint density at radius 1 is 1.41 bits per heavy atom. The third-order valence-electron chi connectivity index (χ3n) is 2.82. The van der Waals surface area contributed by atoms with Crippen molar-refractivity contribution in [1.29, 1.82) is 0 Å². The van der Waals surface area contributed by atoms with E-state index >= 15 is 0 Å². The molecule has 0 saturated carbocycles. The van der Waals surface area contributed by atoms with Crippen molar-refractivity contribution >= 4 is 5.91 Å². The summed E-state index contributed by atoms with van der Waals surface area (Å²) in [6.45, 7) is 10.8. The Bertz CT molecular complexity index is 360. The van der Waals surface area contributed by atoms with Gasteiger partial charge in [-0.25, -0.2) is 4.98 Å². The Balaban J connectivity index is 2.57. The van der Waals surface area contributed by atoms with E-state index in [9.17, 15) is 4.79 Å². The van der Waals surface area contributed by atoms with E-state index in [2.05, 4.69) is 11.2 Å². The molecule has 0 fully saturated rings. The molecule has 0 aromatic carbocycles. The van der Waals surface area contributed by atoms with Crippen LogP contribution in [-0.4, -0.2) is 32.4 Å². The molecule has 0 aliphatic heterocycles. The number of aromatic nitrogens is 2. The number of carbonyl (C=O) groups is 1. The van der Waals surface area contributed by atoms with Gasteiger partial charge in [0.1, 0.15) is 12.0 Å². The van der Waals surface area contributed by atoms with Gasteiger partial charge in [0, 0.05) is 31.2 Å². The second kappa shape index (κ2) is 5.84. The summed E-state index contributed by atoms with van der Waals surface area (Å²) in [7, 11) is 0. The maximum Gasteiger partial charge on any atom is 0.224 e. The summed E-state index contributed by atoms with van der Waals surface area (Å²) < 4.78 is 1.96. The largest absolute Gasteiger partial charge is 0.338 e. The average Bonchev–Trinajstić information content (AvgIpc) is 2.59. The van der Waals surface area contributed by atoms with Crippen molar-refractivity contribution in [2.24, 2.45) is 0 Å². The molecule has 0 N–H and O–H groups in total. The fourth-order valence-electron chi connectivity index (χ4n) is 2.09. The van der Waals surface area contributed by atoms with Gasteiger partial charge in [-0.1, -0.05) is 0 Å². The summed E-state index contributed by atoms with van der Waals surface area (Å²) in [6.07, 6.45) is 5.09. The van der Waals surface area contributed by atoms with Crippen LogP contribution in [-0.2, 0) is 11.3 Å². The zero-order valence-corrected chi connectivity index (χ0v) is 11.4. The van der Waals surface area contributed by atoms with Gasteiger partial charge in [0.15, 0.2) is 0 Å². The first-order valence-electron chi connectivity index (χ1n) is 6.14. The van der Waals surface area contributed by atoms with Crippen LogP contribution < -0.4 is 0 Å². The third kappa shape index (κ3) is 3.58. The Morgan fingerprint density at radius 3 is 2.41 bits per heavy atom. The lowest BCUT2D eigenvalue weighted by Gasteiger charge is -2.31. The van der Waals surface area contributed by atoms with Crippen molar-refractivity contribution in [3.8, 4) is 0 Å². The lowest BCUT2D eigenvalue weighted by molar-refractivity contribution is -0.135. The Kier molecular flexibility index (Phi) is 4.73. The maximum atomic E-state index is 12.1. The van der Waals surface area contributed by atoms with E-state index in [-0.39, 0.29) is 18.0 Å². The van der Waals surface area contributed by atoms with Gasteiger partial charge in [0.25, 0.3) is 0 Å². The highest BCUT2D eigenvalue weighted by Gasteiger charge is 2.19. The SMILES string of the molecule is Cc1n[c]cn1CCC(=O)N(C(C)C)C(C)C. The molecular formula is C13H22N3O. The number of aryl methyl sites for hydroxylation is 2. The first kappa shape index (κ1) is 13.7. The molecule has 0 bridgehead atoms. The minimum atomic E-state index is 0.197. The van der Waals surface area contributed by atoms with Crippen LogP contribution in [0.3, 0.4) is 0 Å². The smallest absolute Gasteiger partial charge is 0.224 e. The van der Waals surface area contributed by atoms with Crippen molar-refractivity contribution in [2.45, 2.75) is 59.7 Å². The number of hydrogen-bond donors (Lipinski definition) is 0. The monoisotopic (exact) mass is 236 g/mol. The molecule has 0 spiro atoms. The molecule has 0 aliphatic rings. The van der Waals surface area contributed by atoms with Crippen molar-refractivity contribution < 1.29 is 4.79 Å². The van der Waals surface area contributed by atoms with Gasteiger partial charge in [0.05, 0.1) is 0 Å². The second-order valence-corrected chi connectivity index (χ2v) is 4.85. The van der Waals surface area contributed by atoms with E-state index in [1.165, 1.54) is 0 Å². The molecule has 95 valence electrons. The molecule has 0 saturated heterocycles. The van der Waals surface area contributed by atoms with Crippen LogP contribution in [0.2, 0.25) is 0 Å². The molecule has 1 aromatic heterocycles. The topological polar surface area (TPSA) is 38.1 Å². The first-order valence-corrected chi connectivity index (χ1v) is 6.14. The molecule has 1 radical (unpaired) electrons. The van der Waals surface area contributed by atoms with Crippen LogP contribution in [0.4, 0.5) is 0 Å². The van der Waals surface area contributed by atoms with Crippen molar-refractivity contribution in [2.75, 3.05) is 0 Å². The summed E-state index contributed by atoms with van der Waals surface area (Å²) in [5.41, 5.74) is 0. The van der Waals surface area contributed by atoms with Gasteiger partial charge in [-0.15, -0.1) is 0 Å². The number of nitrogens with zero attached hydrogens (tertiary/aromatic N) is 3. The number of hydrogen-bond acceptors (Lipinski definition) is 2. The normalized spacial score (nSPS) is 11.2. The second-order valence-electron chi connectivity index (χ2n) is 4.85. The van der Waals surface area contributed by atoms with Crippen molar-refractivity contribution in [1.82, 2.24) is 14.5 Å². The molecule has 1 amide bonds. The van der Waals surface area contributed by atoms with Crippen molar-refractivity contribution in [3.63, 3.8) is 0 Å². The molecule has 0 unspecified atom stereocenters. The lowest BCUT2D eigenvalue weighted by Crippen LogP contribution is -2.42. The molecule has 1 aromatic rings. The number of amides is 1. The molecule has 4 heteroatoms. The number of carbonyl (C=O) groups excluding carboxylic acids is 1. The van der Waals surface area contributed by atoms with Crippen molar-refractivity contribution in [3.05, 3.63) is 18.2 Å². The minimum Gasteiger partial charge on any atom is -0.338 e. The summed E-state index contributed by atoms with van der Waals surface area (Å²) in [5.74, 6) is 1.10. The molecular weight excluding hydrogens is 214 g/mol. The zero-order chi connectivity index (χ0) is 13.0. The number of imidazole rings is 1. The van der Waals surface area contributed by atoms with Gasteiger partial charge in [0.2, 0.25) is 5.91 Å². The third-order valence-corrected chi connectivity index (χ3v) is 2.82. The lowest BCUT2D eigenvalue weighted by atomic mass is 10.2. The van der Waals surface area contributed by atoms with E-state index in [0.29, 0.717) is 13.0 Å². The maximum absolute atomic E-state index is 12.1. The highest BCUT2D eigenvalue weighted by molar-refractivity contribution is 5.76. The highest BCUT2D eigenvalue weighted by atomic mass is 16.2. The minimum absolute atomic E-state index is 0.197. The highest BCUT2D eigenvalue weighted by Crippen LogP contribution is 2.08. The van der Waals surface area contributed by atoms with E-state index in [1.54, 1.807) is 6.20 Å². The molecule has 17 heavy (non-hydrogen) atoms. The van der Waals surface area contributed by atoms with E-state index in [4.69, 9.17) is 0 Å². The van der Waals surface area contributed by atoms with Crippen LogP contribution in [0, 0.1) is 13.1 Å². The van der Waals surface area contributed by atoms with Gasteiger partial charge in [-0.3, -0.25) is 4.79 Å². The predicted octanol–water partition coefficient (Wildman–Crippen LogP) is 2.03. The summed E-state index contributed by atoms with van der Waals surface area (Å²) in [6, 6.07) is 0.496. The Labute approximate surface area is 104 Å². The average molecular weight is 236 g/mol. The van der Waals surface area contributed by atoms with Gasteiger partial charge < -0.3 is 9.47 Å². The molecule has 1 rings (SSSR count). The van der Waals surface area contributed by atoms with Crippen LogP contribution >= 0.6 is 0 Å². The van der Waals surface area contributed by atoms with Crippen LogP contribution in [0.5, 0.6) is 0 Å². The first-order chi connectivity index (χ1) is 7.93. The van der Waals surface area contributed by atoms with E-state index < -0.39 is 0 Å². The number of rotatable bonds is 5. The quantitative estimate of drug-likeness (QED) is 0.784. The molecule has 1 heterocycles. The fourth-order valence-corrected chi connectivity index (χ4v) is 2.09. The Morgan fingerprint density at radius 2 is 2.00 bits per heavy atom. The summed E-state index contributed by atoms with van der Waals surface area (Å²) >= 11 is 0. The van der Waals surface area contributed by atoms with Gasteiger partial charge in [-0.05, 0) is 34.6 Å². The molecule has 4 nitrogen and oxygen atoms in total. The summed E-state index contributed by atoms with van der Waals surface area (Å²) in [4.78, 5) is 18.1. The molecule has 0 atom stereocenters. The Hall–Kier alpha value is -1.32. The zero-order valence-electron chi connectivity index (χ0n) is 11.4. The molecule has 0 aliphatic carbocycles. The van der Waals surface area contributed by atoms with Gasteiger partial charge >= 0.3 is 0 Å². The van der Waals surface area contributed by atoms with Crippen LogP contribution in [0.1, 0.15) is 39.9 Å². The van der Waals surface area contributed by atoms with E-state index in [1.807, 2.05) is 44.1 Å². The van der Waals surface area contributed by atoms with E-state index in [0.717, 1.165) is 5.82 Å². The fraction of sp³-hybridized carbons (Fsp3) is 0.692. The van der Waals surface area contributed by atoms with Crippen LogP contribution in [0.25, 0.3) is 0 Å². The summed E-state index contributed by atoms with van der Waals surface area (Å²) in [5, 5.41) is 0. The standard InChI is InChI=1S/C13H22N3O/c1-10(2)16(11(3)4)13(17)6-8-15-9-7-14-12(15)5/h9-11H,6,8H2,1-5H3.